The molecule has 2 heterocycles. The monoisotopic (exact) mass is 549 g/mol. The van der Waals surface area contributed by atoms with E-state index in [4.69, 9.17) is 0 Å². The maximum atomic E-state index is 9.66. The summed E-state index contributed by atoms with van der Waals surface area (Å²) in [5.41, 5.74) is 3.86. The number of aliphatic hydroxyl groups is 1. The van der Waals surface area contributed by atoms with Crippen LogP contribution in [0.25, 0.3) is 0 Å². The molecular formula is C25H36IN5O. The van der Waals surface area contributed by atoms with Crippen LogP contribution in [-0.4, -0.2) is 61.3 Å². The van der Waals surface area contributed by atoms with Gasteiger partial charge in [-0.15, -0.1) is 24.0 Å². The van der Waals surface area contributed by atoms with Crippen molar-refractivity contribution in [3.8, 4) is 0 Å². The summed E-state index contributed by atoms with van der Waals surface area (Å²) in [6.45, 7) is 5.74. The number of guanidine groups is 1. The summed E-state index contributed by atoms with van der Waals surface area (Å²) < 4.78 is 0. The van der Waals surface area contributed by atoms with Gasteiger partial charge in [0.2, 0.25) is 0 Å². The Balaban J connectivity index is 0.00000289. The van der Waals surface area contributed by atoms with E-state index >= 15 is 0 Å². The van der Waals surface area contributed by atoms with Crippen molar-refractivity contribution in [1.29, 1.82) is 0 Å². The van der Waals surface area contributed by atoms with E-state index in [1.807, 2.05) is 7.05 Å². The predicted octanol–water partition coefficient (Wildman–Crippen LogP) is 3.21. The average Bonchev–Trinajstić information content (AvgIpc) is 3.28. The summed E-state index contributed by atoms with van der Waals surface area (Å²) >= 11 is 0. The second-order valence-corrected chi connectivity index (χ2v) is 8.66. The van der Waals surface area contributed by atoms with Gasteiger partial charge in [0, 0.05) is 58.0 Å². The summed E-state index contributed by atoms with van der Waals surface area (Å²) in [7, 11) is 1.83. The number of hydrogen-bond donors (Lipinski definition) is 3. The van der Waals surface area contributed by atoms with Crippen molar-refractivity contribution >= 4 is 35.6 Å². The average molecular weight is 550 g/mol. The fourth-order valence-corrected chi connectivity index (χ4v) is 4.42. The van der Waals surface area contributed by atoms with Crippen LogP contribution >= 0.6 is 24.0 Å². The molecule has 0 bridgehead atoms. The Kier molecular flexibility index (Phi) is 9.62. The van der Waals surface area contributed by atoms with E-state index in [1.54, 1.807) is 0 Å². The number of rotatable bonds is 6. The van der Waals surface area contributed by atoms with E-state index in [0.717, 1.165) is 64.5 Å². The molecule has 2 fully saturated rings. The zero-order valence-electron chi connectivity index (χ0n) is 18.9. The number of halogens is 1. The molecule has 2 aromatic rings. The van der Waals surface area contributed by atoms with Crippen LogP contribution in [0.3, 0.4) is 0 Å². The highest BCUT2D eigenvalue weighted by Gasteiger charge is 2.23. The zero-order valence-corrected chi connectivity index (χ0v) is 21.2. The highest BCUT2D eigenvalue weighted by atomic mass is 127. The molecule has 174 valence electrons. The van der Waals surface area contributed by atoms with Gasteiger partial charge in [-0.2, -0.15) is 0 Å². The highest BCUT2D eigenvalue weighted by Crippen LogP contribution is 2.19. The third kappa shape index (κ3) is 7.08. The molecule has 0 aliphatic carbocycles. The third-order valence-corrected chi connectivity index (χ3v) is 6.32. The van der Waals surface area contributed by atoms with Crippen LogP contribution in [0.5, 0.6) is 0 Å². The van der Waals surface area contributed by atoms with Crippen molar-refractivity contribution in [1.82, 2.24) is 15.5 Å². The molecule has 1 atom stereocenters. The molecule has 2 aliphatic rings. The molecule has 6 nitrogen and oxygen atoms in total. The van der Waals surface area contributed by atoms with Crippen molar-refractivity contribution in [2.45, 2.75) is 44.5 Å². The van der Waals surface area contributed by atoms with Gasteiger partial charge in [0.1, 0.15) is 0 Å². The Morgan fingerprint density at radius 1 is 0.969 bits per heavy atom. The molecule has 0 saturated carbocycles. The van der Waals surface area contributed by atoms with Crippen LogP contribution in [0.1, 0.15) is 30.4 Å². The summed E-state index contributed by atoms with van der Waals surface area (Å²) in [4.78, 5) is 9.26. The standard InChI is InChI=1S/C25H35N5O.HI/c1-26-25(28-22-11-16-30(19-22)23-5-3-2-4-6-23)27-17-20-7-9-21(10-8-20)18-29-14-12-24(31)13-15-29;/h2-10,22,24,31H,11-19H2,1H3,(H2,26,27,28);1H. The SMILES string of the molecule is CN=C(NCc1ccc(CN2CCC(O)CC2)cc1)NC1CCN(c2ccccc2)C1.I. The van der Waals surface area contributed by atoms with Crippen LogP contribution in [-0.2, 0) is 13.1 Å². The molecule has 3 N–H and O–H groups in total. The molecule has 0 spiro atoms. The first-order valence-corrected chi connectivity index (χ1v) is 11.4. The van der Waals surface area contributed by atoms with E-state index in [0.29, 0.717) is 6.04 Å². The number of hydrogen-bond acceptors (Lipinski definition) is 4. The fraction of sp³-hybridized carbons (Fsp3) is 0.480. The maximum Gasteiger partial charge on any atom is 0.191 e. The Morgan fingerprint density at radius 2 is 1.66 bits per heavy atom. The number of anilines is 1. The second-order valence-electron chi connectivity index (χ2n) is 8.66. The Morgan fingerprint density at radius 3 is 2.34 bits per heavy atom. The Labute approximate surface area is 209 Å². The van der Waals surface area contributed by atoms with Gasteiger partial charge >= 0.3 is 0 Å². The highest BCUT2D eigenvalue weighted by molar-refractivity contribution is 14.0. The van der Waals surface area contributed by atoms with Gasteiger partial charge in [-0.3, -0.25) is 9.89 Å². The smallest absolute Gasteiger partial charge is 0.191 e. The third-order valence-electron chi connectivity index (χ3n) is 6.32. The van der Waals surface area contributed by atoms with Gasteiger partial charge in [-0.1, -0.05) is 42.5 Å². The fourth-order valence-electron chi connectivity index (χ4n) is 4.42. The van der Waals surface area contributed by atoms with Gasteiger partial charge in [0.05, 0.1) is 6.10 Å². The summed E-state index contributed by atoms with van der Waals surface area (Å²) in [5, 5.41) is 16.7. The minimum atomic E-state index is -0.113. The lowest BCUT2D eigenvalue weighted by atomic mass is 10.1. The summed E-state index contributed by atoms with van der Waals surface area (Å²) in [6.07, 6.45) is 2.77. The van der Waals surface area contributed by atoms with Crippen molar-refractivity contribution < 1.29 is 5.11 Å². The van der Waals surface area contributed by atoms with Crippen molar-refractivity contribution in [3.05, 3.63) is 65.7 Å². The van der Waals surface area contributed by atoms with Crippen molar-refractivity contribution in [3.63, 3.8) is 0 Å². The lowest BCUT2D eigenvalue weighted by molar-refractivity contribution is 0.0792. The van der Waals surface area contributed by atoms with E-state index in [1.165, 1.54) is 16.8 Å². The molecular weight excluding hydrogens is 513 g/mol. The zero-order chi connectivity index (χ0) is 21.5. The molecule has 2 aliphatic heterocycles. The Hall–Kier alpha value is -1.84. The number of piperidine rings is 1. The first-order chi connectivity index (χ1) is 15.2. The molecule has 0 aromatic heterocycles. The summed E-state index contributed by atoms with van der Waals surface area (Å²) in [5.74, 6) is 0.857. The molecule has 0 radical (unpaired) electrons. The molecule has 0 amide bonds. The number of para-hydroxylation sites is 1. The molecule has 2 saturated heterocycles. The number of nitrogens with zero attached hydrogens (tertiary/aromatic N) is 3. The van der Waals surface area contributed by atoms with Gasteiger partial charge in [0.25, 0.3) is 0 Å². The number of aliphatic imine (C=N–C) groups is 1. The number of benzene rings is 2. The lowest BCUT2D eigenvalue weighted by Crippen LogP contribution is -2.44. The van der Waals surface area contributed by atoms with Crippen LogP contribution < -0.4 is 15.5 Å². The van der Waals surface area contributed by atoms with Crippen LogP contribution in [0.4, 0.5) is 5.69 Å². The van der Waals surface area contributed by atoms with Gasteiger partial charge in [0.15, 0.2) is 5.96 Å². The lowest BCUT2D eigenvalue weighted by Gasteiger charge is -2.29. The van der Waals surface area contributed by atoms with E-state index in [9.17, 15) is 5.11 Å². The largest absolute Gasteiger partial charge is 0.393 e. The Bertz CT molecular complexity index is 837. The topological polar surface area (TPSA) is 63.1 Å². The quantitative estimate of drug-likeness (QED) is 0.294. The molecule has 4 rings (SSSR count). The van der Waals surface area contributed by atoms with E-state index < -0.39 is 0 Å². The van der Waals surface area contributed by atoms with Crippen LogP contribution in [0, 0.1) is 0 Å². The number of nitrogens with one attached hydrogen (secondary N) is 2. The van der Waals surface area contributed by atoms with Gasteiger partial charge < -0.3 is 20.6 Å². The van der Waals surface area contributed by atoms with E-state index in [-0.39, 0.29) is 30.1 Å². The number of aliphatic hydroxyl groups excluding tert-OH is 1. The van der Waals surface area contributed by atoms with Crippen molar-refractivity contribution in [2.24, 2.45) is 4.99 Å². The molecule has 32 heavy (non-hydrogen) atoms. The predicted molar refractivity (Wildman–Crippen MR) is 143 cm³/mol. The normalized spacial score (nSPS) is 20.1. The first kappa shape index (κ1) is 24.8. The summed E-state index contributed by atoms with van der Waals surface area (Å²) in [6, 6.07) is 19.8. The molecule has 1 unspecified atom stereocenters. The molecule has 2 aromatic carbocycles. The first-order valence-electron chi connectivity index (χ1n) is 11.4. The minimum Gasteiger partial charge on any atom is -0.393 e. The van der Waals surface area contributed by atoms with Gasteiger partial charge in [-0.25, -0.2) is 0 Å². The molecule has 7 heteroatoms. The van der Waals surface area contributed by atoms with Crippen LogP contribution in [0.15, 0.2) is 59.6 Å². The maximum absolute atomic E-state index is 9.66. The minimum absolute atomic E-state index is 0. The van der Waals surface area contributed by atoms with Crippen molar-refractivity contribution in [2.75, 3.05) is 38.1 Å². The van der Waals surface area contributed by atoms with Gasteiger partial charge in [-0.05, 0) is 42.5 Å². The van der Waals surface area contributed by atoms with E-state index in [2.05, 4.69) is 80.0 Å². The number of likely N-dealkylation sites (tertiary alicyclic amines) is 1. The second kappa shape index (κ2) is 12.4. The van der Waals surface area contributed by atoms with Crippen LogP contribution in [0.2, 0.25) is 0 Å².